The second kappa shape index (κ2) is 11.0. The molecule has 0 spiro atoms. The molecule has 180 valence electrons. The molecule has 4 aromatic rings. The SMILES string of the molecule is CCCNC(=O)c1ccc2[nH]c(O)c(C(C)=Nc3ccc(CN(C)Cc4ccccc4)cc3)c2c1. The molecule has 3 N–H and O–H groups in total. The highest BCUT2D eigenvalue weighted by molar-refractivity contribution is 6.13. The summed E-state index contributed by atoms with van der Waals surface area (Å²) >= 11 is 0. The number of amides is 1. The predicted molar refractivity (Wildman–Crippen MR) is 143 cm³/mol. The maximum Gasteiger partial charge on any atom is 0.251 e. The van der Waals surface area contributed by atoms with Crippen LogP contribution in [0.2, 0.25) is 0 Å². The summed E-state index contributed by atoms with van der Waals surface area (Å²) in [5.74, 6) is -0.0747. The van der Waals surface area contributed by atoms with Crippen LogP contribution in [0, 0.1) is 0 Å². The molecule has 1 heterocycles. The van der Waals surface area contributed by atoms with Crippen molar-refractivity contribution >= 4 is 28.2 Å². The van der Waals surface area contributed by atoms with Gasteiger partial charge in [-0.05, 0) is 61.9 Å². The zero-order chi connectivity index (χ0) is 24.8. The molecule has 0 atom stereocenters. The first-order valence-electron chi connectivity index (χ1n) is 11.9. The van der Waals surface area contributed by atoms with Gasteiger partial charge in [-0.2, -0.15) is 0 Å². The van der Waals surface area contributed by atoms with E-state index in [9.17, 15) is 9.90 Å². The van der Waals surface area contributed by atoms with E-state index in [2.05, 4.69) is 58.6 Å². The third kappa shape index (κ3) is 5.97. The number of carbonyl (C=O) groups excluding carboxylic acids is 1. The number of nitrogens with zero attached hydrogens (tertiary/aromatic N) is 2. The molecule has 0 saturated heterocycles. The van der Waals surface area contributed by atoms with Crippen molar-refractivity contribution < 1.29 is 9.90 Å². The molecule has 35 heavy (non-hydrogen) atoms. The van der Waals surface area contributed by atoms with Crippen molar-refractivity contribution in [1.29, 1.82) is 0 Å². The maximum absolute atomic E-state index is 12.4. The van der Waals surface area contributed by atoms with Crippen LogP contribution in [0.25, 0.3) is 10.9 Å². The number of aromatic amines is 1. The summed E-state index contributed by atoms with van der Waals surface area (Å²) in [4.78, 5) is 22.4. The lowest BCUT2D eigenvalue weighted by atomic mass is 10.1. The average Bonchev–Trinajstić information content (AvgIpc) is 3.19. The van der Waals surface area contributed by atoms with E-state index in [1.165, 1.54) is 11.1 Å². The van der Waals surface area contributed by atoms with Gasteiger partial charge >= 0.3 is 0 Å². The van der Waals surface area contributed by atoms with Crippen molar-refractivity contribution in [3.05, 3.63) is 95.1 Å². The highest BCUT2D eigenvalue weighted by atomic mass is 16.3. The lowest BCUT2D eigenvalue weighted by molar-refractivity contribution is 0.0954. The van der Waals surface area contributed by atoms with Gasteiger partial charge in [-0.3, -0.25) is 14.7 Å². The Balaban J connectivity index is 1.51. The number of carbonyl (C=O) groups is 1. The molecule has 0 unspecified atom stereocenters. The molecule has 4 rings (SSSR count). The van der Waals surface area contributed by atoms with Crippen LogP contribution in [0.5, 0.6) is 5.88 Å². The number of benzene rings is 3. The van der Waals surface area contributed by atoms with Gasteiger partial charge in [-0.25, -0.2) is 0 Å². The van der Waals surface area contributed by atoms with Crippen molar-refractivity contribution in [2.24, 2.45) is 4.99 Å². The predicted octanol–water partition coefficient (Wildman–Crippen LogP) is 5.79. The van der Waals surface area contributed by atoms with E-state index >= 15 is 0 Å². The van der Waals surface area contributed by atoms with Gasteiger partial charge in [0.1, 0.15) is 0 Å². The number of aromatic hydroxyl groups is 1. The Hall–Kier alpha value is -3.90. The molecule has 0 aliphatic heterocycles. The topological polar surface area (TPSA) is 80.7 Å². The summed E-state index contributed by atoms with van der Waals surface area (Å²) < 4.78 is 0. The molecule has 1 aromatic heterocycles. The van der Waals surface area contributed by atoms with Gasteiger partial charge in [0.05, 0.1) is 17.0 Å². The molecule has 0 fully saturated rings. The zero-order valence-electron chi connectivity index (χ0n) is 20.5. The van der Waals surface area contributed by atoms with Crippen LogP contribution in [-0.4, -0.2) is 40.2 Å². The molecule has 6 nitrogen and oxygen atoms in total. The molecular formula is C29H32N4O2. The van der Waals surface area contributed by atoms with Crippen LogP contribution >= 0.6 is 0 Å². The molecule has 0 saturated carbocycles. The lowest BCUT2D eigenvalue weighted by Crippen LogP contribution is -2.23. The first-order valence-corrected chi connectivity index (χ1v) is 11.9. The van der Waals surface area contributed by atoms with Crippen LogP contribution < -0.4 is 5.32 Å². The van der Waals surface area contributed by atoms with E-state index in [0.29, 0.717) is 23.4 Å². The van der Waals surface area contributed by atoms with E-state index in [4.69, 9.17) is 4.99 Å². The van der Waals surface area contributed by atoms with Crippen molar-refractivity contribution in [3.63, 3.8) is 0 Å². The fourth-order valence-electron chi connectivity index (χ4n) is 4.21. The Kier molecular flexibility index (Phi) is 7.63. The van der Waals surface area contributed by atoms with Crippen LogP contribution in [-0.2, 0) is 13.1 Å². The van der Waals surface area contributed by atoms with Gasteiger partial charge in [0, 0.05) is 36.1 Å². The van der Waals surface area contributed by atoms with Gasteiger partial charge in [0.15, 0.2) is 5.88 Å². The molecule has 0 bridgehead atoms. The Morgan fingerprint density at radius 1 is 1.00 bits per heavy atom. The minimum absolute atomic E-state index is 0.0477. The maximum atomic E-state index is 12.4. The number of fused-ring (bicyclic) bond motifs is 1. The first-order chi connectivity index (χ1) is 16.9. The minimum Gasteiger partial charge on any atom is -0.494 e. The van der Waals surface area contributed by atoms with Gasteiger partial charge in [0.25, 0.3) is 5.91 Å². The molecule has 0 aliphatic carbocycles. The molecule has 0 radical (unpaired) electrons. The Labute approximate surface area is 206 Å². The van der Waals surface area contributed by atoms with E-state index in [1.807, 2.05) is 38.1 Å². The molecular weight excluding hydrogens is 436 g/mol. The second-order valence-corrected chi connectivity index (χ2v) is 8.89. The summed E-state index contributed by atoms with van der Waals surface area (Å²) in [6.07, 6.45) is 0.873. The van der Waals surface area contributed by atoms with Crippen molar-refractivity contribution in [2.45, 2.75) is 33.4 Å². The number of H-pyrrole nitrogens is 1. The third-order valence-electron chi connectivity index (χ3n) is 5.92. The van der Waals surface area contributed by atoms with Gasteiger partial charge in [0.2, 0.25) is 0 Å². The highest BCUT2D eigenvalue weighted by Gasteiger charge is 2.16. The minimum atomic E-state index is -0.122. The summed E-state index contributed by atoms with van der Waals surface area (Å²) in [7, 11) is 2.11. The quantitative estimate of drug-likeness (QED) is 0.272. The van der Waals surface area contributed by atoms with E-state index in [0.717, 1.165) is 36.1 Å². The number of aromatic nitrogens is 1. The Bertz CT molecular complexity index is 1320. The third-order valence-corrected chi connectivity index (χ3v) is 5.92. The summed E-state index contributed by atoms with van der Waals surface area (Å²) in [5.41, 5.74) is 5.90. The standard InChI is InChI=1S/C29H32N4O2/c1-4-16-30-28(34)23-12-15-26-25(17-23)27(29(35)32-26)20(2)31-24-13-10-22(11-14-24)19-33(3)18-21-8-6-5-7-9-21/h5-15,17,32,35H,4,16,18-19H2,1-3H3,(H,30,34). The van der Waals surface area contributed by atoms with E-state index < -0.39 is 0 Å². The van der Waals surface area contributed by atoms with Crippen LogP contribution in [0.4, 0.5) is 5.69 Å². The van der Waals surface area contributed by atoms with Gasteiger partial charge < -0.3 is 15.4 Å². The number of hydrogen-bond acceptors (Lipinski definition) is 4. The Morgan fingerprint density at radius 3 is 2.37 bits per heavy atom. The van der Waals surface area contributed by atoms with Crippen LogP contribution in [0.1, 0.15) is 47.3 Å². The molecule has 0 aliphatic rings. The highest BCUT2D eigenvalue weighted by Crippen LogP contribution is 2.30. The van der Waals surface area contributed by atoms with E-state index in [1.54, 1.807) is 12.1 Å². The first kappa shape index (κ1) is 24.2. The normalized spacial score (nSPS) is 11.8. The fraction of sp³-hybridized carbons (Fsp3) is 0.241. The van der Waals surface area contributed by atoms with Crippen molar-refractivity contribution in [2.75, 3.05) is 13.6 Å². The van der Waals surface area contributed by atoms with Gasteiger partial charge in [-0.1, -0.05) is 49.4 Å². The van der Waals surface area contributed by atoms with Crippen molar-refractivity contribution in [1.82, 2.24) is 15.2 Å². The largest absolute Gasteiger partial charge is 0.494 e. The average molecular weight is 469 g/mol. The second-order valence-electron chi connectivity index (χ2n) is 8.89. The van der Waals surface area contributed by atoms with Crippen LogP contribution in [0.15, 0.2) is 77.8 Å². The number of aliphatic imine (C=N–C) groups is 1. The van der Waals surface area contributed by atoms with E-state index in [-0.39, 0.29) is 11.8 Å². The molecule has 6 heteroatoms. The monoisotopic (exact) mass is 468 g/mol. The number of rotatable bonds is 9. The molecule has 3 aromatic carbocycles. The fourth-order valence-corrected chi connectivity index (χ4v) is 4.21. The molecule has 1 amide bonds. The smallest absolute Gasteiger partial charge is 0.251 e. The number of hydrogen-bond donors (Lipinski definition) is 3. The summed E-state index contributed by atoms with van der Waals surface area (Å²) in [6, 6.07) is 23.9. The zero-order valence-corrected chi connectivity index (χ0v) is 20.5. The van der Waals surface area contributed by atoms with Crippen LogP contribution in [0.3, 0.4) is 0 Å². The van der Waals surface area contributed by atoms with Gasteiger partial charge in [-0.15, -0.1) is 0 Å². The number of nitrogens with one attached hydrogen (secondary N) is 2. The Morgan fingerprint density at radius 2 is 1.69 bits per heavy atom. The summed E-state index contributed by atoms with van der Waals surface area (Å²) in [5, 5.41) is 14.2. The van der Waals surface area contributed by atoms with Crippen molar-refractivity contribution in [3.8, 4) is 5.88 Å². The summed E-state index contributed by atoms with van der Waals surface area (Å²) in [6.45, 7) is 6.23. The lowest BCUT2D eigenvalue weighted by Gasteiger charge is -2.17.